The topological polar surface area (TPSA) is 36.0 Å². The van der Waals surface area contributed by atoms with Gasteiger partial charge in [-0.3, -0.25) is 0 Å². The number of benzene rings is 1. The van der Waals surface area contributed by atoms with Crippen LogP contribution in [0.4, 0.5) is 15.0 Å². The van der Waals surface area contributed by atoms with E-state index in [9.17, 15) is 9.28 Å². The molecule has 0 spiro atoms. The Bertz CT molecular complexity index is 853. The first-order valence-electron chi connectivity index (χ1n) is 9.91. The van der Waals surface area contributed by atoms with Crippen LogP contribution in [0, 0.1) is 0 Å². The second kappa shape index (κ2) is 8.03. The fraction of sp³-hybridized carbons (Fsp3) is 0.435. The lowest BCUT2D eigenvalue weighted by Gasteiger charge is -2.29. The summed E-state index contributed by atoms with van der Waals surface area (Å²) in [6.07, 6.45) is 5.99. The summed E-state index contributed by atoms with van der Waals surface area (Å²) in [4.78, 5) is 16.2. The number of fused-ring (bicyclic) bond motifs is 3. The third kappa shape index (κ3) is 3.69. The maximum atomic E-state index is 14.3. The molecule has 2 aliphatic heterocycles. The number of carbonyl (C=O) groups is 1. The van der Waals surface area contributed by atoms with Gasteiger partial charge in [0, 0.05) is 37.8 Å². The van der Waals surface area contributed by atoms with Crippen molar-refractivity contribution in [1.82, 2.24) is 10.0 Å². The van der Waals surface area contributed by atoms with E-state index in [1.54, 1.807) is 30.2 Å². The van der Waals surface area contributed by atoms with E-state index >= 15 is 0 Å². The zero-order chi connectivity index (χ0) is 21.3. The highest BCUT2D eigenvalue weighted by atomic mass is 19.2. The SMILES string of the molecule is C=C/C=C(\C=C)CC(C)N(C)C(=O)Oc1ccc2c(c1)[C@]1(C)CCN(F)[C@@H]1N2C. The molecule has 1 amide bonds. The summed E-state index contributed by atoms with van der Waals surface area (Å²) in [6.45, 7) is 11.9. The fourth-order valence-electron chi connectivity index (χ4n) is 4.47. The molecule has 3 atom stereocenters. The molecule has 1 aromatic carbocycles. The standard InChI is InChI=1S/C23H30FN3O2/c1-7-9-17(8-2)14-16(3)25(5)22(28)29-18-10-11-20-19(15-18)23(4)12-13-27(24)21(23)26(20)6/h7-11,15-16,21H,1-2,12-14H2,3-6H3/b17-9+/t16?,21-,23-/m0/s1. The zero-order valence-electron chi connectivity index (χ0n) is 17.7. The van der Waals surface area contributed by atoms with Crippen molar-refractivity contribution >= 4 is 11.8 Å². The van der Waals surface area contributed by atoms with Gasteiger partial charge in [-0.25, -0.2) is 4.79 Å². The number of likely N-dealkylation sites (N-methyl/N-ethyl adjacent to an activating group) is 1. The second-order valence-corrected chi connectivity index (χ2v) is 8.17. The van der Waals surface area contributed by atoms with E-state index in [2.05, 4.69) is 20.1 Å². The molecule has 5 nitrogen and oxygen atoms in total. The third-order valence-electron chi connectivity index (χ3n) is 6.29. The number of carbonyl (C=O) groups excluding carboxylic acids is 1. The molecule has 2 heterocycles. The third-order valence-corrected chi connectivity index (χ3v) is 6.29. The molecule has 156 valence electrons. The average molecular weight is 400 g/mol. The Labute approximate surface area is 172 Å². The monoisotopic (exact) mass is 399 g/mol. The Kier molecular flexibility index (Phi) is 5.85. The van der Waals surface area contributed by atoms with Gasteiger partial charge in [0.1, 0.15) is 11.9 Å². The summed E-state index contributed by atoms with van der Waals surface area (Å²) in [6, 6.07) is 5.49. The van der Waals surface area contributed by atoms with Gasteiger partial charge >= 0.3 is 6.09 Å². The van der Waals surface area contributed by atoms with E-state index in [1.165, 1.54) is 0 Å². The summed E-state index contributed by atoms with van der Waals surface area (Å²) in [5.74, 6) is 0.478. The first-order chi connectivity index (χ1) is 13.7. The molecular formula is C23H30FN3O2. The molecule has 0 aliphatic carbocycles. The van der Waals surface area contributed by atoms with E-state index in [4.69, 9.17) is 4.74 Å². The van der Waals surface area contributed by atoms with Crippen LogP contribution in [0.3, 0.4) is 0 Å². The van der Waals surface area contributed by atoms with Crippen molar-refractivity contribution in [2.75, 3.05) is 25.5 Å². The molecule has 1 saturated heterocycles. The maximum absolute atomic E-state index is 14.3. The molecule has 0 N–H and O–H groups in total. The molecule has 1 aromatic rings. The highest BCUT2D eigenvalue weighted by molar-refractivity contribution is 5.72. The van der Waals surface area contributed by atoms with Crippen LogP contribution in [0.5, 0.6) is 5.75 Å². The van der Waals surface area contributed by atoms with Crippen LogP contribution in [0.2, 0.25) is 0 Å². The molecule has 0 radical (unpaired) electrons. The van der Waals surface area contributed by atoms with Crippen LogP contribution in [0.25, 0.3) is 0 Å². The Morgan fingerprint density at radius 1 is 1.48 bits per heavy atom. The number of rotatable bonds is 6. The number of anilines is 1. The van der Waals surface area contributed by atoms with Crippen molar-refractivity contribution in [1.29, 1.82) is 0 Å². The minimum atomic E-state index is -0.425. The van der Waals surface area contributed by atoms with Crippen molar-refractivity contribution in [2.45, 2.75) is 44.3 Å². The van der Waals surface area contributed by atoms with Crippen LogP contribution in [-0.4, -0.2) is 49.0 Å². The van der Waals surface area contributed by atoms with Gasteiger partial charge in [0.05, 0.1) is 0 Å². The van der Waals surface area contributed by atoms with Crippen molar-refractivity contribution in [3.8, 4) is 5.75 Å². The number of allylic oxidation sites excluding steroid dienone is 3. The summed E-state index contributed by atoms with van der Waals surface area (Å²) >= 11 is 0. The van der Waals surface area contributed by atoms with Gasteiger partial charge in [-0.1, -0.05) is 38.3 Å². The average Bonchev–Trinajstić information content (AvgIpc) is 3.12. The molecule has 2 aliphatic rings. The van der Waals surface area contributed by atoms with Gasteiger partial charge in [-0.15, -0.1) is 9.60 Å². The first-order valence-corrected chi connectivity index (χ1v) is 9.91. The number of hydrogen-bond acceptors (Lipinski definition) is 4. The van der Waals surface area contributed by atoms with E-state index < -0.39 is 6.09 Å². The van der Waals surface area contributed by atoms with Gasteiger partial charge in [-0.05, 0) is 49.1 Å². The number of halogens is 1. The van der Waals surface area contributed by atoms with Crippen LogP contribution in [0.15, 0.2) is 55.2 Å². The summed E-state index contributed by atoms with van der Waals surface area (Å²) in [5.41, 5.74) is 2.68. The number of ether oxygens (including phenoxy) is 1. The van der Waals surface area contributed by atoms with Crippen molar-refractivity contribution in [3.63, 3.8) is 0 Å². The predicted molar refractivity (Wildman–Crippen MR) is 115 cm³/mol. The van der Waals surface area contributed by atoms with Gasteiger partial charge in [0.15, 0.2) is 0 Å². The predicted octanol–water partition coefficient (Wildman–Crippen LogP) is 4.82. The molecule has 29 heavy (non-hydrogen) atoms. The van der Waals surface area contributed by atoms with Crippen LogP contribution in [0.1, 0.15) is 32.3 Å². The van der Waals surface area contributed by atoms with Crippen molar-refractivity contribution in [3.05, 3.63) is 60.7 Å². The Morgan fingerprint density at radius 3 is 2.86 bits per heavy atom. The molecule has 0 aromatic heterocycles. The Balaban J connectivity index is 1.74. The molecule has 3 rings (SSSR count). The molecule has 0 bridgehead atoms. The van der Waals surface area contributed by atoms with E-state index in [-0.39, 0.29) is 17.6 Å². The summed E-state index contributed by atoms with van der Waals surface area (Å²) in [7, 11) is 3.62. The number of hydrogen-bond donors (Lipinski definition) is 0. The van der Waals surface area contributed by atoms with Gasteiger partial charge in [-0.2, -0.15) is 0 Å². The van der Waals surface area contributed by atoms with Crippen LogP contribution in [-0.2, 0) is 5.41 Å². The maximum Gasteiger partial charge on any atom is 0.415 e. The normalized spacial score (nSPS) is 24.7. The lowest BCUT2D eigenvalue weighted by atomic mass is 9.81. The van der Waals surface area contributed by atoms with Crippen LogP contribution >= 0.6 is 0 Å². The highest BCUT2D eigenvalue weighted by Crippen LogP contribution is 2.52. The number of amides is 1. The largest absolute Gasteiger partial charge is 0.415 e. The molecule has 1 fully saturated rings. The molecule has 0 saturated carbocycles. The Hall–Kier alpha value is -2.60. The molecular weight excluding hydrogens is 369 g/mol. The van der Waals surface area contributed by atoms with E-state index in [0.717, 1.165) is 28.4 Å². The highest BCUT2D eigenvalue weighted by Gasteiger charge is 2.54. The molecule has 6 heteroatoms. The second-order valence-electron chi connectivity index (χ2n) is 8.17. The van der Waals surface area contributed by atoms with Crippen molar-refractivity contribution < 1.29 is 14.0 Å². The van der Waals surface area contributed by atoms with Crippen LogP contribution < -0.4 is 9.64 Å². The zero-order valence-corrected chi connectivity index (χ0v) is 17.7. The number of nitrogens with zero attached hydrogens (tertiary/aromatic N) is 3. The first kappa shape index (κ1) is 21.1. The van der Waals surface area contributed by atoms with Crippen molar-refractivity contribution in [2.24, 2.45) is 0 Å². The minimum Gasteiger partial charge on any atom is -0.410 e. The quantitative estimate of drug-likeness (QED) is 0.508. The Morgan fingerprint density at radius 2 is 2.21 bits per heavy atom. The van der Waals surface area contributed by atoms with E-state index in [0.29, 0.717) is 18.7 Å². The lowest BCUT2D eigenvalue weighted by Crippen LogP contribution is -2.43. The van der Waals surface area contributed by atoms with Gasteiger partial charge < -0.3 is 14.5 Å². The lowest BCUT2D eigenvalue weighted by molar-refractivity contribution is 0.00258. The summed E-state index contributed by atoms with van der Waals surface area (Å²) in [5, 5.41) is 0.898. The minimum absolute atomic E-state index is 0.0657. The van der Waals surface area contributed by atoms with E-state index in [1.807, 2.05) is 37.1 Å². The molecule has 1 unspecified atom stereocenters. The fourth-order valence-corrected chi connectivity index (χ4v) is 4.47. The van der Waals surface area contributed by atoms with Gasteiger partial charge in [0.25, 0.3) is 0 Å². The smallest absolute Gasteiger partial charge is 0.410 e. The van der Waals surface area contributed by atoms with Gasteiger partial charge in [0.2, 0.25) is 0 Å². The summed E-state index contributed by atoms with van der Waals surface area (Å²) < 4.78 is 20.0.